The smallest absolute Gasteiger partial charge is 0.119 e. The standard InChI is InChI=1S/C15H23IO4/c1-17-7-4-8-19-9-10-20-15(12-16)13-5-3-6-14(11-13)18-2/h3,5-6,11,15H,4,7-10,12H2,1-2H3. The summed E-state index contributed by atoms with van der Waals surface area (Å²) in [7, 11) is 3.37. The molecular formula is C15H23IO4. The molecule has 0 saturated carbocycles. The van der Waals surface area contributed by atoms with Gasteiger partial charge in [-0.15, -0.1) is 0 Å². The minimum Gasteiger partial charge on any atom is -0.497 e. The van der Waals surface area contributed by atoms with Crippen molar-refractivity contribution in [2.45, 2.75) is 12.5 Å². The Hall–Kier alpha value is -0.370. The van der Waals surface area contributed by atoms with Crippen LogP contribution in [0.3, 0.4) is 0 Å². The number of hydrogen-bond donors (Lipinski definition) is 0. The van der Waals surface area contributed by atoms with Crippen molar-refractivity contribution in [3.05, 3.63) is 29.8 Å². The molecule has 5 heteroatoms. The summed E-state index contributed by atoms with van der Waals surface area (Å²) in [5, 5.41) is 0. The molecule has 0 amide bonds. The van der Waals surface area contributed by atoms with Crippen LogP contribution < -0.4 is 4.74 Å². The van der Waals surface area contributed by atoms with Crippen LogP contribution in [-0.4, -0.2) is 45.1 Å². The van der Waals surface area contributed by atoms with Gasteiger partial charge in [0.1, 0.15) is 5.75 Å². The molecule has 0 aliphatic rings. The second-order valence-electron chi connectivity index (χ2n) is 4.25. The number of hydrogen-bond acceptors (Lipinski definition) is 4. The molecule has 0 heterocycles. The lowest BCUT2D eigenvalue weighted by Gasteiger charge is -2.16. The fourth-order valence-electron chi connectivity index (χ4n) is 1.73. The van der Waals surface area contributed by atoms with E-state index in [4.69, 9.17) is 18.9 Å². The summed E-state index contributed by atoms with van der Waals surface area (Å²) >= 11 is 2.33. The SMILES string of the molecule is COCCCOCCOC(CI)c1cccc(OC)c1. The third-order valence-electron chi connectivity index (χ3n) is 2.79. The first kappa shape index (κ1) is 17.7. The molecule has 114 valence electrons. The highest BCUT2D eigenvalue weighted by Gasteiger charge is 2.11. The molecular weight excluding hydrogens is 371 g/mol. The van der Waals surface area contributed by atoms with Gasteiger partial charge in [0.25, 0.3) is 0 Å². The van der Waals surface area contributed by atoms with E-state index in [1.807, 2.05) is 18.2 Å². The van der Waals surface area contributed by atoms with E-state index in [9.17, 15) is 0 Å². The van der Waals surface area contributed by atoms with Crippen LogP contribution in [0.4, 0.5) is 0 Å². The number of rotatable bonds is 11. The molecule has 1 atom stereocenters. The summed E-state index contributed by atoms with van der Waals surface area (Å²) in [5.74, 6) is 0.858. The maximum Gasteiger partial charge on any atom is 0.119 e. The Bertz CT molecular complexity index is 359. The van der Waals surface area contributed by atoms with Crippen molar-refractivity contribution in [2.24, 2.45) is 0 Å². The third-order valence-corrected chi connectivity index (χ3v) is 3.59. The quantitative estimate of drug-likeness (QED) is 0.328. The van der Waals surface area contributed by atoms with Crippen LogP contribution >= 0.6 is 22.6 Å². The van der Waals surface area contributed by atoms with Crippen LogP contribution in [0.1, 0.15) is 18.1 Å². The van der Waals surface area contributed by atoms with Gasteiger partial charge in [-0.2, -0.15) is 0 Å². The molecule has 0 aromatic heterocycles. The summed E-state index contributed by atoms with van der Waals surface area (Å²) in [6.07, 6.45) is 0.996. The van der Waals surface area contributed by atoms with E-state index < -0.39 is 0 Å². The van der Waals surface area contributed by atoms with Crippen molar-refractivity contribution in [3.63, 3.8) is 0 Å². The van der Waals surface area contributed by atoms with E-state index in [0.717, 1.165) is 28.8 Å². The largest absolute Gasteiger partial charge is 0.497 e. The first-order valence-electron chi connectivity index (χ1n) is 6.70. The van der Waals surface area contributed by atoms with E-state index in [0.29, 0.717) is 19.8 Å². The summed E-state index contributed by atoms with van der Waals surface area (Å²) in [5.41, 5.74) is 1.14. The van der Waals surface area contributed by atoms with Crippen LogP contribution in [0, 0.1) is 0 Å². The van der Waals surface area contributed by atoms with Crippen molar-refractivity contribution in [1.29, 1.82) is 0 Å². The molecule has 0 saturated heterocycles. The molecule has 0 spiro atoms. The molecule has 4 nitrogen and oxygen atoms in total. The van der Waals surface area contributed by atoms with E-state index in [-0.39, 0.29) is 6.10 Å². The summed E-state index contributed by atoms with van der Waals surface area (Å²) in [4.78, 5) is 0. The van der Waals surface area contributed by atoms with Gasteiger partial charge in [0.15, 0.2) is 0 Å². The summed E-state index contributed by atoms with van der Waals surface area (Å²) < 4.78 is 22.4. The zero-order chi connectivity index (χ0) is 14.6. The summed E-state index contributed by atoms with van der Waals surface area (Å²) in [6, 6.07) is 8.00. The number of ether oxygens (including phenoxy) is 4. The molecule has 1 rings (SSSR count). The third kappa shape index (κ3) is 6.88. The van der Waals surface area contributed by atoms with Crippen LogP contribution in [-0.2, 0) is 14.2 Å². The first-order chi connectivity index (χ1) is 9.81. The van der Waals surface area contributed by atoms with Gasteiger partial charge in [-0.25, -0.2) is 0 Å². The van der Waals surface area contributed by atoms with Crippen LogP contribution in [0.25, 0.3) is 0 Å². The second-order valence-corrected chi connectivity index (χ2v) is 5.13. The monoisotopic (exact) mass is 394 g/mol. The van der Waals surface area contributed by atoms with Gasteiger partial charge in [-0.3, -0.25) is 0 Å². The number of halogens is 1. The fraction of sp³-hybridized carbons (Fsp3) is 0.600. The molecule has 0 N–H and O–H groups in total. The zero-order valence-electron chi connectivity index (χ0n) is 12.1. The van der Waals surface area contributed by atoms with E-state index >= 15 is 0 Å². The Balaban J connectivity index is 2.28. The minimum absolute atomic E-state index is 0.0771. The maximum absolute atomic E-state index is 5.86. The molecule has 0 aliphatic heterocycles. The zero-order valence-corrected chi connectivity index (χ0v) is 14.3. The molecule has 1 aromatic carbocycles. The van der Waals surface area contributed by atoms with Crippen molar-refractivity contribution in [1.82, 2.24) is 0 Å². The first-order valence-corrected chi connectivity index (χ1v) is 8.22. The van der Waals surface area contributed by atoms with Crippen molar-refractivity contribution in [3.8, 4) is 5.75 Å². The highest BCUT2D eigenvalue weighted by atomic mass is 127. The number of alkyl halides is 1. The molecule has 20 heavy (non-hydrogen) atoms. The number of methoxy groups -OCH3 is 2. The van der Waals surface area contributed by atoms with Crippen molar-refractivity contribution in [2.75, 3.05) is 45.1 Å². The highest BCUT2D eigenvalue weighted by molar-refractivity contribution is 14.1. The van der Waals surface area contributed by atoms with Gasteiger partial charge in [0, 0.05) is 24.8 Å². The number of benzene rings is 1. The van der Waals surface area contributed by atoms with E-state index in [1.54, 1.807) is 14.2 Å². The Morgan fingerprint density at radius 2 is 1.95 bits per heavy atom. The maximum atomic E-state index is 5.86. The Morgan fingerprint density at radius 3 is 2.65 bits per heavy atom. The van der Waals surface area contributed by atoms with E-state index in [2.05, 4.69) is 28.7 Å². The molecule has 0 bridgehead atoms. The fourth-order valence-corrected chi connectivity index (χ4v) is 2.49. The van der Waals surface area contributed by atoms with Gasteiger partial charge < -0.3 is 18.9 Å². The van der Waals surface area contributed by atoms with Crippen molar-refractivity contribution >= 4 is 22.6 Å². The summed E-state index contributed by atoms with van der Waals surface area (Å²) in [6.45, 7) is 2.66. The second kappa shape index (κ2) is 11.3. The molecule has 0 fully saturated rings. The lowest BCUT2D eigenvalue weighted by Crippen LogP contribution is -2.12. The van der Waals surface area contributed by atoms with Crippen LogP contribution in [0.5, 0.6) is 5.75 Å². The Morgan fingerprint density at radius 1 is 1.10 bits per heavy atom. The Kier molecular flexibility index (Phi) is 10.00. The molecule has 1 aromatic rings. The van der Waals surface area contributed by atoms with Gasteiger partial charge >= 0.3 is 0 Å². The van der Waals surface area contributed by atoms with Crippen LogP contribution in [0.2, 0.25) is 0 Å². The minimum atomic E-state index is 0.0771. The average molecular weight is 394 g/mol. The van der Waals surface area contributed by atoms with Gasteiger partial charge in [-0.05, 0) is 24.1 Å². The lowest BCUT2D eigenvalue weighted by molar-refractivity contribution is 0.0103. The van der Waals surface area contributed by atoms with Crippen molar-refractivity contribution < 1.29 is 18.9 Å². The van der Waals surface area contributed by atoms with Gasteiger partial charge in [0.2, 0.25) is 0 Å². The molecule has 0 aliphatic carbocycles. The van der Waals surface area contributed by atoms with Gasteiger partial charge in [0.05, 0.1) is 26.4 Å². The van der Waals surface area contributed by atoms with Gasteiger partial charge in [-0.1, -0.05) is 34.7 Å². The molecule has 0 radical (unpaired) electrons. The van der Waals surface area contributed by atoms with E-state index in [1.165, 1.54) is 0 Å². The predicted octanol–water partition coefficient (Wildman–Crippen LogP) is 3.24. The highest BCUT2D eigenvalue weighted by Crippen LogP contribution is 2.23. The lowest BCUT2D eigenvalue weighted by atomic mass is 10.1. The predicted molar refractivity (Wildman–Crippen MR) is 87.9 cm³/mol. The Labute approximate surface area is 134 Å². The normalized spacial score (nSPS) is 12.3. The topological polar surface area (TPSA) is 36.9 Å². The average Bonchev–Trinajstić information content (AvgIpc) is 2.50. The molecule has 1 unspecified atom stereocenters. The van der Waals surface area contributed by atoms with Crippen LogP contribution in [0.15, 0.2) is 24.3 Å².